The van der Waals surface area contributed by atoms with Crippen LogP contribution >= 0.6 is 23.8 Å². The third-order valence-electron chi connectivity index (χ3n) is 2.81. The quantitative estimate of drug-likeness (QED) is 0.869. The monoisotopic (exact) mass is 291 g/mol. The van der Waals surface area contributed by atoms with Crippen LogP contribution in [0.2, 0.25) is 5.02 Å². The first-order valence-corrected chi connectivity index (χ1v) is 6.63. The summed E-state index contributed by atoms with van der Waals surface area (Å²) < 4.78 is 5.79. The van der Waals surface area contributed by atoms with Gasteiger partial charge in [0, 0.05) is 16.1 Å². The van der Waals surface area contributed by atoms with Gasteiger partial charge in [-0.3, -0.25) is 0 Å². The van der Waals surface area contributed by atoms with E-state index in [1.807, 2.05) is 49.4 Å². The van der Waals surface area contributed by atoms with Crippen molar-refractivity contribution < 1.29 is 4.74 Å². The minimum atomic E-state index is 0.364. The molecular weight excluding hydrogens is 278 g/mol. The molecule has 2 aromatic rings. The van der Waals surface area contributed by atoms with Crippen LogP contribution in [0.4, 0.5) is 0 Å². The van der Waals surface area contributed by atoms with Gasteiger partial charge in [-0.1, -0.05) is 54.2 Å². The van der Waals surface area contributed by atoms with Crippen molar-refractivity contribution in [1.29, 1.82) is 0 Å². The zero-order valence-electron chi connectivity index (χ0n) is 10.5. The van der Waals surface area contributed by atoms with Crippen molar-refractivity contribution in [2.75, 3.05) is 0 Å². The molecular formula is C15H14ClNOS. The highest BCUT2D eigenvalue weighted by molar-refractivity contribution is 7.80. The second-order valence-corrected chi connectivity index (χ2v) is 5.07. The van der Waals surface area contributed by atoms with Crippen LogP contribution in [0.25, 0.3) is 0 Å². The molecule has 0 aliphatic rings. The Morgan fingerprint density at radius 2 is 2.00 bits per heavy atom. The number of aryl methyl sites for hydroxylation is 1. The highest BCUT2D eigenvalue weighted by Gasteiger charge is 2.05. The van der Waals surface area contributed by atoms with Gasteiger partial charge in [0.2, 0.25) is 0 Å². The van der Waals surface area contributed by atoms with Crippen molar-refractivity contribution in [2.45, 2.75) is 13.5 Å². The number of halogens is 1. The van der Waals surface area contributed by atoms with E-state index in [0.717, 1.165) is 22.4 Å². The second kappa shape index (κ2) is 6.04. The number of rotatable bonds is 4. The Kier molecular flexibility index (Phi) is 4.40. The number of hydrogen-bond acceptors (Lipinski definition) is 2. The fourth-order valence-corrected chi connectivity index (χ4v) is 2.00. The second-order valence-electron chi connectivity index (χ2n) is 4.22. The van der Waals surface area contributed by atoms with E-state index >= 15 is 0 Å². The van der Waals surface area contributed by atoms with Crippen LogP contribution in [-0.4, -0.2) is 4.99 Å². The molecule has 0 aliphatic heterocycles. The van der Waals surface area contributed by atoms with Crippen LogP contribution in [0.5, 0.6) is 5.75 Å². The summed E-state index contributed by atoms with van der Waals surface area (Å²) in [4.78, 5) is 0.364. The third-order valence-corrected chi connectivity index (χ3v) is 3.42. The average Bonchev–Trinajstić information content (AvgIpc) is 2.39. The summed E-state index contributed by atoms with van der Waals surface area (Å²) in [7, 11) is 0. The third kappa shape index (κ3) is 3.46. The lowest BCUT2D eigenvalue weighted by Gasteiger charge is -2.11. The van der Waals surface area contributed by atoms with Gasteiger partial charge in [0.05, 0.1) is 0 Å². The van der Waals surface area contributed by atoms with Gasteiger partial charge in [-0.2, -0.15) is 0 Å². The lowest BCUT2D eigenvalue weighted by molar-refractivity contribution is 0.304. The van der Waals surface area contributed by atoms with Gasteiger partial charge in [0.1, 0.15) is 17.3 Å². The molecule has 2 N–H and O–H groups in total. The molecule has 19 heavy (non-hydrogen) atoms. The van der Waals surface area contributed by atoms with Gasteiger partial charge in [-0.15, -0.1) is 0 Å². The molecule has 98 valence electrons. The maximum absolute atomic E-state index is 6.09. The van der Waals surface area contributed by atoms with E-state index in [4.69, 9.17) is 34.3 Å². The summed E-state index contributed by atoms with van der Waals surface area (Å²) in [6, 6.07) is 13.3. The Morgan fingerprint density at radius 1 is 1.26 bits per heavy atom. The number of benzene rings is 2. The molecule has 0 spiro atoms. The lowest BCUT2D eigenvalue weighted by Crippen LogP contribution is -2.09. The zero-order chi connectivity index (χ0) is 13.8. The van der Waals surface area contributed by atoms with E-state index in [1.165, 1.54) is 0 Å². The molecule has 4 heteroatoms. The Labute approximate surface area is 123 Å². The number of hydrogen-bond donors (Lipinski definition) is 1. The van der Waals surface area contributed by atoms with E-state index in [1.54, 1.807) is 0 Å². The molecule has 0 radical (unpaired) electrons. The minimum absolute atomic E-state index is 0.364. The summed E-state index contributed by atoms with van der Waals surface area (Å²) in [5.74, 6) is 0.769. The SMILES string of the molecule is Cc1ccc(C(N)=S)cc1OCc1ccccc1Cl. The standard InChI is InChI=1S/C15H14ClNOS/c1-10-6-7-11(15(17)19)8-14(10)18-9-12-4-2-3-5-13(12)16/h2-8H,9H2,1H3,(H2,17,19). The molecule has 0 saturated carbocycles. The maximum Gasteiger partial charge on any atom is 0.123 e. The summed E-state index contributed by atoms with van der Waals surface area (Å²) in [5, 5.41) is 0.700. The molecule has 0 atom stereocenters. The van der Waals surface area contributed by atoms with Crippen molar-refractivity contribution in [3.63, 3.8) is 0 Å². The summed E-state index contributed by atoms with van der Waals surface area (Å²) in [6.07, 6.45) is 0. The predicted molar refractivity (Wildman–Crippen MR) is 82.9 cm³/mol. The van der Waals surface area contributed by atoms with Gasteiger partial charge in [0.15, 0.2) is 0 Å². The molecule has 2 rings (SSSR count). The molecule has 2 aromatic carbocycles. The molecule has 0 saturated heterocycles. The normalized spacial score (nSPS) is 10.2. The molecule has 0 fully saturated rings. The van der Waals surface area contributed by atoms with Gasteiger partial charge in [-0.05, 0) is 24.6 Å². The van der Waals surface area contributed by atoms with E-state index in [2.05, 4.69) is 0 Å². The molecule has 0 heterocycles. The minimum Gasteiger partial charge on any atom is -0.489 e. The summed E-state index contributed by atoms with van der Waals surface area (Å²) in [5.41, 5.74) is 8.40. The Bertz CT molecular complexity index is 613. The van der Waals surface area contributed by atoms with Crippen LogP contribution in [0.1, 0.15) is 16.7 Å². The largest absolute Gasteiger partial charge is 0.489 e. The van der Waals surface area contributed by atoms with E-state index in [0.29, 0.717) is 16.6 Å². The highest BCUT2D eigenvalue weighted by Crippen LogP contribution is 2.22. The van der Waals surface area contributed by atoms with E-state index in [9.17, 15) is 0 Å². The molecule has 0 aromatic heterocycles. The van der Waals surface area contributed by atoms with Crippen LogP contribution in [0.15, 0.2) is 42.5 Å². The van der Waals surface area contributed by atoms with Gasteiger partial charge in [0.25, 0.3) is 0 Å². The number of ether oxygens (including phenoxy) is 1. The predicted octanol–water partition coefficient (Wildman–Crippen LogP) is 3.86. The molecule has 0 amide bonds. The van der Waals surface area contributed by atoms with Crippen molar-refractivity contribution >= 4 is 28.8 Å². The fourth-order valence-electron chi connectivity index (χ4n) is 1.68. The van der Waals surface area contributed by atoms with Gasteiger partial charge < -0.3 is 10.5 Å². The molecule has 2 nitrogen and oxygen atoms in total. The zero-order valence-corrected chi connectivity index (χ0v) is 12.1. The van der Waals surface area contributed by atoms with Crippen LogP contribution in [-0.2, 0) is 6.61 Å². The maximum atomic E-state index is 6.09. The van der Waals surface area contributed by atoms with Crippen LogP contribution in [0.3, 0.4) is 0 Å². The first kappa shape index (κ1) is 13.8. The number of nitrogens with two attached hydrogens (primary N) is 1. The van der Waals surface area contributed by atoms with Crippen LogP contribution in [0, 0.1) is 6.92 Å². The first-order chi connectivity index (χ1) is 9.08. The number of thiocarbonyl (C=S) groups is 1. The van der Waals surface area contributed by atoms with Gasteiger partial charge >= 0.3 is 0 Å². The highest BCUT2D eigenvalue weighted by atomic mass is 35.5. The van der Waals surface area contributed by atoms with Crippen molar-refractivity contribution in [1.82, 2.24) is 0 Å². The summed E-state index contributed by atoms with van der Waals surface area (Å²) in [6.45, 7) is 2.40. The lowest BCUT2D eigenvalue weighted by atomic mass is 10.1. The average molecular weight is 292 g/mol. The molecule has 0 aliphatic carbocycles. The Balaban J connectivity index is 2.17. The van der Waals surface area contributed by atoms with Crippen molar-refractivity contribution in [2.24, 2.45) is 5.73 Å². The molecule has 0 unspecified atom stereocenters. The fraction of sp³-hybridized carbons (Fsp3) is 0.133. The van der Waals surface area contributed by atoms with E-state index < -0.39 is 0 Å². The Hall–Kier alpha value is -1.58. The smallest absolute Gasteiger partial charge is 0.123 e. The van der Waals surface area contributed by atoms with Crippen molar-refractivity contribution in [3.8, 4) is 5.75 Å². The Morgan fingerprint density at radius 3 is 2.68 bits per heavy atom. The topological polar surface area (TPSA) is 35.2 Å². The van der Waals surface area contributed by atoms with Gasteiger partial charge in [-0.25, -0.2) is 0 Å². The molecule has 0 bridgehead atoms. The summed E-state index contributed by atoms with van der Waals surface area (Å²) >= 11 is 11.1. The van der Waals surface area contributed by atoms with Crippen LogP contribution < -0.4 is 10.5 Å². The van der Waals surface area contributed by atoms with E-state index in [-0.39, 0.29) is 0 Å². The van der Waals surface area contributed by atoms with Crippen molar-refractivity contribution in [3.05, 3.63) is 64.2 Å². The first-order valence-electron chi connectivity index (χ1n) is 5.84.